The minimum atomic E-state index is -4.17. The standard InChI is InChI=1S/C25H24FN5O6S/c26-20-6-8-21(9-7-20)30(38(35,36)23-4-2-1-3-5-23)18-25(32)28-27-17-19-16-22(31(33)34)10-11-24(19)29-12-14-37-15-13-29/h1-11,16-17H,12-15,18H2,(H,28,32)/b27-17+. The molecule has 0 bridgehead atoms. The summed E-state index contributed by atoms with van der Waals surface area (Å²) >= 11 is 0. The molecule has 0 radical (unpaired) electrons. The number of morpholine rings is 1. The fourth-order valence-electron chi connectivity index (χ4n) is 3.83. The second-order valence-electron chi connectivity index (χ2n) is 8.19. The normalized spacial score (nSPS) is 13.9. The van der Waals surface area contributed by atoms with E-state index in [-0.39, 0.29) is 16.3 Å². The Bertz CT molecular complexity index is 1430. The summed E-state index contributed by atoms with van der Waals surface area (Å²) in [7, 11) is -4.17. The molecule has 0 aromatic heterocycles. The number of sulfonamides is 1. The number of hydrogen-bond donors (Lipinski definition) is 1. The Morgan fingerprint density at radius 1 is 1.11 bits per heavy atom. The second-order valence-corrected chi connectivity index (χ2v) is 10.1. The fourth-order valence-corrected chi connectivity index (χ4v) is 5.27. The molecular formula is C25H24FN5O6S. The summed E-state index contributed by atoms with van der Waals surface area (Å²) in [5, 5.41) is 15.2. The van der Waals surface area contributed by atoms with Crippen molar-refractivity contribution in [3.63, 3.8) is 0 Å². The van der Waals surface area contributed by atoms with Crippen LogP contribution < -0.4 is 14.6 Å². The largest absolute Gasteiger partial charge is 0.378 e. The quantitative estimate of drug-likeness (QED) is 0.250. The van der Waals surface area contributed by atoms with Crippen LogP contribution in [0.5, 0.6) is 0 Å². The molecule has 0 saturated carbocycles. The Balaban J connectivity index is 1.56. The van der Waals surface area contributed by atoms with Gasteiger partial charge in [-0.25, -0.2) is 18.2 Å². The Labute approximate surface area is 218 Å². The van der Waals surface area contributed by atoms with Crippen LogP contribution in [0, 0.1) is 15.9 Å². The number of carbonyl (C=O) groups is 1. The first-order valence-corrected chi connectivity index (χ1v) is 13.0. The number of rotatable bonds is 9. The van der Waals surface area contributed by atoms with Crippen LogP contribution in [-0.4, -0.2) is 58.3 Å². The smallest absolute Gasteiger partial charge is 0.270 e. The molecule has 1 fully saturated rings. The van der Waals surface area contributed by atoms with E-state index >= 15 is 0 Å². The summed E-state index contributed by atoms with van der Waals surface area (Å²) in [5.74, 6) is -1.34. The van der Waals surface area contributed by atoms with Crippen LogP contribution >= 0.6 is 0 Å². The Morgan fingerprint density at radius 2 is 1.79 bits per heavy atom. The number of benzene rings is 3. The van der Waals surface area contributed by atoms with Crippen LogP contribution in [0.3, 0.4) is 0 Å². The summed E-state index contributed by atoms with van der Waals surface area (Å²) in [5.41, 5.74) is 3.30. The molecule has 3 aromatic rings. The lowest BCUT2D eigenvalue weighted by Gasteiger charge is -2.29. The molecule has 1 amide bonds. The van der Waals surface area contributed by atoms with Gasteiger partial charge in [0.15, 0.2) is 0 Å². The zero-order chi connectivity index (χ0) is 27.1. The van der Waals surface area contributed by atoms with Gasteiger partial charge in [-0.2, -0.15) is 5.10 Å². The zero-order valence-corrected chi connectivity index (χ0v) is 20.9. The lowest BCUT2D eigenvalue weighted by Crippen LogP contribution is -2.39. The molecule has 1 heterocycles. The van der Waals surface area contributed by atoms with Crippen molar-refractivity contribution in [3.8, 4) is 0 Å². The van der Waals surface area contributed by atoms with Crippen molar-refractivity contribution in [1.29, 1.82) is 0 Å². The van der Waals surface area contributed by atoms with Gasteiger partial charge in [-0.05, 0) is 42.5 Å². The van der Waals surface area contributed by atoms with Crippen LogP contribution in [0.1, 0.15) is 5.56 Å². The van der Waals surface area contributed by atoms with E-state index in [2.05, 4.69) is 10.5 Å². The van der Waals surface area contributed by atoms with Gasteiger partial charge in [0.2, 0.25) is 0 Å². The summed E-state index contributed by atoms with van der Waals surface area (Å²) in [6.07, 6.45) is 1.27. The molecule has 0 unspecified atom stereocenters. The number of nitrogens with one attached hydrogen (secondary N) is 1. The second kappa shape index (κ2) is 11.8. The summed E-state index contributed by atoms with van der Waals surface area (Å²) in [6, 6.07) is 16.5. The van der Waals surface area contributed by atoms with Gasteiger partial charge in [0.05, 0.1) is 34.9 Å². The van der Waals surface area contributed by atoms with E-state index in [0.29, 0.717) is 37.6 Å². The van der Waals surface area contributed by atoms with E-state index < -0.39 is 33.2 Å². The van der Waals surface area contributed by atoms with Crippen LogP contribution in [-0.2, 0) is 19.6 Å². The van der Waals surface area contributed by atoms with Crippen molar-refractivity contribution in [2.24, 2.45) is 5.10 Å². The molecule has 13 heteroatoms. The molecule has 0 aliphatic carbocycles. The molecule has 3 aromatic carbocycles. The van der Waals surface area contributed by atoms with Gasteiger partial charge >= 0.3 is 0 Å². The Hall–Kier alpha value is -4.36. The Kier molecular flexibility index (Phi) is 8.28. The van der Waals surface area contributed by atoms with Crippen molar-refractivity contribution in [1.82, 2.24) is 5.43 Å². The number of hydrogen-bond acceptors (Lipinski definition) is 8. The number of carbonyl (C=O) groups excluding carboxylic acids is 1. The number of nitro benzene ring substituents is 1. The molecular weight excluding hydrogens is 517 g/mol. The summed E-state index contributed by atoms with van der Waals surface area (Å²) in [4.78, 5) is 25.5. The topological polar surface area (TPSA) is 134 Å². The van der Waals surface area contributed by atoms with Gasteiger partial charge in [0.25, 0.3) is 21.6 Å². The van der Waals surface area contributed by atoms with Gasteiger partial charge in [-0.1, -0.05) is 18.2 Å². The first kappa shape index (κ1) is 26.7. The number of non-ortho nitro benzene ring substituents is 1. The molecule has 1 saturated heterocycles. The van der Waals surface area contributed by atoms with Gasteiger partial charge in [-0.3, -0.25) is 19.2 Å². The van der Waals surface area contributed by atoms with Crippen LogP contribution in [0.25, 0.3) is 0 Å². The minimum Gasteiger partial charge on any atom is -0.378 e. The van der Waals surface area contributed by atoms with E-state index in [1.54, 1.807) is 24.3 Å². The molecule has 38 heavy (non-hydrogen) atoms. The summed E-state index contributed by atoms with van der Waals surface area (Å²) in [6.45, 7) is 1.51. The van der Waals surface area contributed by atoms with Crippen molar-refractivity contribution < 1.29 is 27.3 Å². The highest BCUT2D eigenvalue weighted by Crippen LogP contribution is 2.26. The van der Waals surface area contributed by atoms with Gasteiger partial charge in [-0.15, -0.1) is 0 Å². The molecule has 1 N–H and O–H groups in total. The van der Waals surface area contributed by atoms with E-state index in [1.807, 2.05) is 4.90 Å². The lowest BCUT2D eigenvalue weighted by atomic mass is 10.1. The average Bonchev–Trinajstić information content (AvgIpc) is 2.93. The SMILES string of the molecule is O=C(CN(c1ccc(F)cc1)S(=O)(=O)c1ccccc1)N/N=C/c1cc([N+](=O)[O-])ccc1N1CCOCC1. The van der Waals surface area contributed by atoms with Crippen LogP contribution in [0.4, 0.5) is 21.5 Å². The van der Waals surface area contributed by atoms with Crippen molar-refractivity contribution in [3.05, 3.63) is 94.3 Å². The molecule has 0 spiro atoms. The highest BCUT2D eigenvalue weighted by molar-refractivity contribution is 7.92. The molecule has 4 rings (SSSR count). The molecule has 1 aliphatic rings. The number of nitrogens with zero attached hydrogens (tertiary/aromatic N) is 4. The van der Waals surface area contributed by atoms with Crippen LogP contribution in [0.2, 0.25) is 0 Å². The maximum atomic E-state index is 13.5. The summed E-state index contributed by atoms with van der Waals surface area (Å²) < 4.78 is 46.3. The van der Waals surface area contributed by atoms with Gasteiger partial charge in [0.1, 0.15) is 12.4 Å². The lowest BCUT2D eigenvalue weighted by molar-refractivity contribution is -0.384. The maximum Gasteiger partial charge on any atom is 0.270 e. The minimum absolute atomic E-state index is 0.0487. The number of nitro groups is 1. The van der Waals surface area contributed by atoms with E-state index in [4.69, 9.17) is 4.74 Å². The van der Waals surface area contributed by atoms with Gasteiger partial charge in [0, 0.05) is 36.5 Å². The van der Waals surface area contributed by atoms with E-state index in [1.165, 1.54) is 42.6 Å². The monoisotopic (exact) mass is 541 g/mol. The number of hydrazone groups is 1. The third-order valence-corrected chi connectivity index (χ3v) is 7.49. The predicted molar refractivity (Wildman–Crippen MR) is 139 cm³/mol. The zero-order valence-electron chi connectivity index (χ0n) is 20.1. The number of halogens is 1. The Morgan fingerprint density at radius 3 is 2.45 bits per heavy atom. The van der Waals surface area contributed by atoms with E-state index in [0.717, 1.165) is 16.4 Å². The van der Waals surface area contributed by atoms with E-state index in [9.17, 15) is 27.7 Å². The highest BCUT2D eigenvalue weighted by atomic mass is 32.2. The maximum absolute atomic E-state index is 13.5. The first-order chi connectivity index (χ1) is 18.3. The third-order valence-electron chi connectivity index (χ3n) is 5.70. The number of ether oxygens (including phenoxy) is 1. The molecule has 198 valence electrons. The average molecular weight is 542 g/mol. The van der Waals surface area contributed by atoms with Crippen molar-refractivity contribution >= 4 is 39.2 Å². The molecule has 0 atom stereocenters. The number of amides is 1. The highest BCUT2D eigenvalue weighted by Gasteiger charge is 2.27. The predicted octanol–water partition coefficient (Wildman–Crippen LogP) is 2.92. The molecule has 1 aliphatic heterocycles. The third kappa shape index (κ3) is 6.30. The molecule has 11 nitrogen and oxygen atoms in total. The van der Waals surface area contributed by atoms with Gasteiger partial charge < -0.3 is 9.64 Å². The first-order valence-electron chi connectivity index (χ1n) is 11.5. The fraction of sp³-hybridized carbons (Fsp3) is 0.200. The van der Waals surface area contributed by atoms with Crippen molar-refractivity contribution in [2.75, 3.05) is 42.1 Å². The van der Waals surface area contributed by atoms with Crippen molar-refractivity contribution in [2.45, 2.75) is 4.90 Å². The number of anilines is 2. The van der Waals surface area contributed by atoms with Crippen LogP contribution in [0.15, 0.2) is 82.8 Å².